The van der Waals surface area contributed by atoms with Crippen LogP contribution in [0.4, 0.5) is 11.4 Å². The number of pyridine rings is 1. The van der Waals surface area contributed by atoms with E-state index >= 15 is 0 Å². The zero-order chi connectivity index (χ0) is 48.9. The van der Waals surface area contributed by atoms with Crippen molar-refractivity contribution >= 4 is 55.0 Å². The van der Waals surface area contributed by atoms with E-state index in [1.165, 1.54) is 0 Å². The van der Waals surface area contributed by atoms with Gasteiger partial charge < -0.3 is 4.57 Å². The largest absolute Gasteiger partial charge is 0.307 e. The smallest absolute Gasteiger partial charge is 0.187 e. The third-order valence-corrected chi connectivity index (χ3v) is 13.6. The average Bonchev–Trinajstić information content (AvgIpc) is 3.96. The minimum absolute atomic E-state index is 0.506. The van der Waals surface area contributed by atoms with Crippen LogP contribution >= 0.6 is 0 Å². The van der Waals surface area contributed by atoms with Gasteiger partial charge in [-0.15, -0.1) is 0 Å². The van der Waals surface area contributed by atoms with Crippen molar-refractivity contribution in [1.82, 2.24) is 14.1 Å². The van der Waals surface area contributed by atoms with Gasteiger partial charge in [-0.05, 0) is 105 Å². The molecule has 0 saturated carbocycles. The molecule has 0 aliphatic carbocycles. The van der Waals surface area contributed by atoms with Gasteiger partial charge in [-0.2, -0.15) is 15.8 Å². The van der Waals surface area contributed by atoms with E-state index in [0.717, 1.165) is 105 Å². The summed E-state index contributed by atoms with van der Waals surface area (Å²) in [5.74, 6) is 0.638. The van der Waals surface area contributed by atoms with Crippen molar-refractivity contribution in [1.29, 1.82) is 15.8 Å². The predicted molar refractivity (Wildman–Crippen MR) is 287 cm³/mol. The molecule has 12 rings (SSSR count). The summed E-state index contributed by atoms with van der Waals surface area (Å²) in [7, 11) is 0. The Labute approximate surface area is 414 Å². The Kier molecular flexibility index (Phi) is 10.3. The number of hydrogen-bond donors (Lipinski definition) is 0. The Bertz CT molecular complexity index is 4180. The Morgan fingerprint density at radius 1 is 0.375 bits per heavy atom. The number of benzene rings is 9. The van der Waals surface area contributed by atoms with Crippen LogP contribution < -0.4 is 0 Å². The molecule has 0 aliphatic rings. The first kappa shape index (κ1) is 42.5. The fourth-order valence-corrected chi connectivity index (χ4v) is 9.96. The Balaban J connectivity index is 1.15. The standard InChI is InChI=1S/C64H34N8/c1-68-51-23-15-44(16-24-51)47-20-28-55-54-27-19-46(42-11-7-40(36-65)8-12-42)31-59(54)71(60(55)32-47)63-39-70-64(35-58(63)53-6-4-3-5-50(53)38-67)72-61-33-48(43-13-9-41(37-66)10-14-43)21-29-56(61)57-30-22-49(34-62(57)72)45-17-25-52(69-2)26-18-45/h3-35,39H. The maximum Gasteiger partial charge on any atom is 0.187 e. The van der Waals surface area contributed by atoms with Crippen LogP contribution in [0.3, 0.4) is 0 Å². The molecule has 8 heteroatoms. The van der Waals surface area contributed by atoms with Gasteiger partial charge in [0.25, 0.3) is 0 Å². The van der Waals surface area contributed by atoms with E-state index in [1.54, 1.807) is 0 Å². The molecule has 72 heavy (non-hydrogen) atoms. The topological polar surface area (TPSA) is 103 Å². The zero-order valence-electron chi connectivity index (χ0n) is 38.2. The van der Waals surface area contributed by atoms with E-state index in [-0.39, 0.29) is 0 Å². The molecule has 0 spiro atoms. The van der Waals surface area contributed by atoms with Gasteiger partial charge in [0.1, 0.15) is 5.82 Å². The van der Waals surface area contributed by atoms with Crippen LogP contribution in [-0.4, -0.2) is 14.1 Å². The van der Waals surface area contributed by atoms with E-state index in [9.17, 15) is 15.8 Å². The third kappa shape index (κ3) is 7.17. The van der Waals surface area contributed by atoms with Gasteiger partial charge in [-0.1, -0.05) is 140 Å². The number of hydrogen-bond acceptors (Lipinski definition) is 4. The molecule has 0 saturated heterocycles. The highest BCUT2D eigenvalue weighted by Gasteiger charge is 2.23. The van der Waals surface area contributed by atoms with Gasteiger partial charge in [0.2, 0.25) is 0 Å². The quantitative estimate of drug-likeness (QED) is 0.149. The zero-order valence-corrected chi connectivity index (χ0v) is 38.2. The third-order valence-electron chi connectivity index (χ3n) is 13.6. The fraction of sp³-hybridized carbons (Fsp3) is 0. The molecule has 3 heterocycles. The summed E-state index contributed by atoms with van der Waals surface area (Å²) in [6.45, 7) is 15.1. The van der Waals surface area contributed by atoms with E-state index in [0.29, 0.717) is 33.9 Å². The monoisotopic (exact) mass is 914 g/mol. The van der Waals surface area contributed by atoms with Crippen molar-refractivity contribution in [2.24, 2.45) is 0 Å². The second-order valence-electron chi connectivity index (χ2n) is 17.5. The molecule has 0 atom stereocenters. The Morgan fingerprint density at radius 3 is 1.14 bits per heavy atom. The highest BCUT2D eigenvalue weighted by Crippen LogP contribution is 2.43. The molecule has 330 valence electrons. The van der Waals surface area contributed by atoms with Crippen molar-refractivity contribution < 1.29 is 0 Å². The number of nitrogens with zero attached hydrogens (tertiary/aromatic N) is 8. The van der Waals surface area contributed by atoms with Gasteiger partial charge >= 0.3 is 0 Å². The Hall–Kier alpha value is -10.8. The molecule has 0 fully saturated rings. The molecule has 9 aromatic carbocycles. The highest BCUT2D eigenvalue weighted by molar-refractivity contribution is 6.13. The van der Waals surface area contributed by atoms with Crippen LogP contribution in [0.25, 0.3) is 120 Å². The van der Waals surface area contributed by atoms with Crippen molar-refractivity contribution in [2.45, 2.75) is 0 Å². The molecule has 0 amide bonds. The van der Waals surface area contributed by atoms with Crippen LogP contribution in [0.1, 0.15) is 16.7 Å². The SMILES string of the molecule is [C-]#[N+]c1ccc(-c2ccc3c4ccc(-c5ccc(C#N)cc5)cc4n(-c4cc(-c5ccccc5C#N)c(-n5c6cc(-c7ccc(C#N)cc7)ccc6c6ccc(-c7ccc([N+]#[C-])cc7)cc65)cn4)c3c2)cc1. The summed E-state index contributed by atoms with van der Waals surface area (Å²) in [5.41, 5.74) is 16.6. The molecular weight excluding hydrogens is 881 g/mol. The summed E-state index contributed by atoms with van der Waals surface area (Å²) < 4.78 is 4.44. The lowest BCUT2D eigenvalue weighted by Crippen LogP contribution is -2.04. The highest BCUT2D eigenvalue weighted by atomic mass is 15.1. The number of nitriles is 3. The van der Waals surface area contributed by atoms with Crippen LogP contribution in [0.15, 0.2) is 206 Å². The molecule has 0 unspecified atom stereocenters. The predicted octanol–water partition coefficient (Wildman–Crippen LogP) is 16.3. The van der Waals surface area contributed by atoms with E-state index in [2.05, 4.69) is 116 Å². The second-order valence-corrected chi connectivity index (χ2v) is 17.5. The molecule has 0 radical (unpaired) electrons. The summed E-state index contributed by atoms with van der Waals surface area (Å²) in [5, 5.41) is 34.0. The van der Waals surface area contributed by atoms with Crippen molar-refractivity contribution in [3.05, 3.63) is 246 Å². The summed E-state index contributed by atoms with van der Waals surface area (Å²) in [6.07, 6.45) is 1.92. The minimum Gasteiger partial charge on any atom is -0.307 e. The van der Waals surface area contributed by atoms with Crippen LogP contribution in [0.5, 0.6) is 0 Å². The maximum atomic E-state index is 10.8. The molecular formula is C64H34N8. The molecule has 12 aromatic rings. The van der Waals surface area contributed by atoms with Crippen LogP contribution in [-0.2, 0) is 0 Å². The number of rotatable bonds is 7. The summed E-state index contributed by atoms with van der Waals surface area (Å²) in [4.78, 5) is 12.6. The molecule has 3 aromatic heterocycles. The maximum absolute atomic E-state index is 10.8. The average molecular weight is 915 g/mol. The summed E-state index contributed by atoms with van der Waals surface area (Å²) >= 11 is 0. The number of fused-ring (bicyclic) bond motifs is 6. The van der Waals surface area contributed by atoms with Crippen molar-refractivity contribution in [2.75, 3.05) is 0 Å². The first-order chi connectivity index (χ1) is 35.4. The van der Waals surface area contributed by atoms with Gasteiger partial charge in [-0.3, -0.25) is 4.57 Å². The normalized spacial score (nSPS) is 11.0. The lowest BCUT2D eigenvalue weighted by molar-refractivity contribution is 1.06. The second kappa shape index (κ2) is 17.4. The Morgan fingerprint density at radius 2 is 0.750 bits per heavy atom. The van der Waals surface area contributed by atoms with Gasteiger partial charge in [-0.25, -0.2) is 14.7 Å². The van der Waals surface area contributed by atoms with Gasteiger partial charge in [0.05, 0.1) is 82.0 Å². The van der Waals surface area contributed by atoms with E-state index < -0.39 is 0 Å². The van der Waals surface area contributed by atoms with Crippen molar-refractivity contribution in [3.8, 4) is 85.3 Å². The van der Waals surface area contributed by atoms with Gasteiger partial charge in [0, 0.05) is 32.7 Å². The minimum atomic E-state index is 0.506. The molecule has 0 aliphatic heterocycles. The first-order valence-electron chi connectivity index (χ1n) is 23.1. The van der Waals surface area contributed by atoms with Crippen molar-refractivity contribution in [3.63, 3.8) is 0 Å². The number of aromatic nitrogens is 3. The fourth-order valence-electron chi connectivity index (χ4n) is 9.96. The summed E-state index contributed by atoms with van der Waals surface area (Å²) in [6, 6.07) is 72.8. The molecule has 0 N–H and O–H groups in total. The lowest BCUT2D eigenvalue weighted by Gasteiger charge is -2.18. The first-order valence-corrected chi connectivity index (χ1v) is 23.1. The van der Waals surface area contributed by atoms with E-state index in [4.69, 9.17) is 18.1 Å². The van der Waals surface area contributed by atoms with Crippen LogP contribution in [0.2, 0.25) is 0 Å². The van der Waals surface area contributed by atoms with Crippen LogP contribution in [0, 0.1) is 47.1 Å². The molecule has 8 nitrogen and oxygen atoms in total. The van der Waals surface area contributed by atoms with Gasteiger partial charge in [0.15, 0.2) is 11.4 Å². The molecule has 0 bridgehead atoms. The lowest BCUT2D eigenvalue weighted by atomic mass is 9.99. The van der Waals surface area contributed by atoms with E-state index in [1.807, 2.05) is 128 Å².